The Morgan fingerprint density at radius 3 is 2.43 bits per heavy atom. The summed E-state index contributed by atoms with van der Waals surface area (Å²) in [6, 6.07) is 2.46. The lowest BCUT2D eigenvalue weighted by molar-refractivity contribution is -0.232. The van der Waals surface area contributed by atoms with E-state index >= 15 is 0 Å². The van der Waals surface area contributed by atoms with Crippen LogP contribution in [0.4, 0.5) is 5.88 Å². The van der Waals surface area contributed by atoms with E-state index in [1.54, 1.807) is 27.7 Å². The zero-order valence-corrected chi connectivity index (χ0v) is 15.9. The van der Waals surface area contributed by atoms with E-state index in [4.69, 9.17) is 33.3 Å². The van der Waals surface area contributed by atoms with Crippen LogP contribution in [0.25, 0.3) is 0 Å². The molecular formula is C17H23N2O9-. The summed E-state index contributed by atoms with van der Waals surface area (Å²) in [4.78, 5) is 12.3. The van der Waals surface area contributed by atoms with Gasteiger partial charge in [0.1, 0.15) is 24.4 Å². The summed E-state index contributed by atoms with van der Waals surface area (Å²) in [5, 5.41) is 21.8. The monoisotopic (exact) mass is 399 g/mol. The van der Waals surface area contributed by atoms with Crippen molar-refractivity contribution in [1.29, 1.82) is 0 Å². The molecular weight excluding hydrogens is 376 g/mol. The van der Waals surface area contributed by atoms with Crippen LogP contribution >= 0.6 is 0 Å². The average Bonchev–Trinajstić information content (AvgIpc) is 3.25. The predicted octanol–water partition coefficient (Wildman–Crippen LogP) is 1.10. The van der Waals surface area contributed by atoms with Crippen molar-refractivity contribution in [3.8, 4) is 0 Å². The number of nitrogens with one attached hydrogen (secondary N) is 1. The minimum atomic E-state index is -0.833. The van der Waals surface area contributed by atoms with Gasteiger partial charge in [0.05, 0.1) is 0 Å². The Morgan fingerprint density at radius 2 is 1.75 bits per heavy atom. The molecule has 28 heavy (non-hydrogen) atoms. The first-order chi connectivity index (χ1) is 13.0. The smallest absolute Gasteiger partial charge is 0.287 e. The summed E-state index contributed by atoms with van der Waals surface area (Å²) in [7, 11) is 0. The van der Waals surface area contributed by atoms with Gasteiger partial charge in [-0.05, 0) is 33.8 Å². The third-order valence-corrected chi connectivity index (χ3v) is 4.72. The number of anilines is 1. The van der Waals surface area contributed by atoms with Crippen LogP contribution in [0.5, 0.6) is 0 Å². The molecule has 2 N–H and O–H groups in total. The quantitative estimate of drug-likeness (QED) is 0.709. The van der Waals surface area contributed by atoms with Crippen LogP contribution in [0.2, 0.25) is 0 Å². The fourth-order valence-electron chi connectivity index (χ4n) is 3.69. The topological polar surface area (TPSA) is 135 Å². The van der Waals surface area contributed by atoms with Crippen LogP contribution in [0.3, 0.4) is 0 Å². The highest BCUT2D eigenvalue weighted by atomic mass is 16.9. The van der Waals surface area contributed by atoms with Gasteiger partial charge in [-0.1, -0.05) is 0 Å². The van der Waals surface area contributed by atoms with Crippen LogP contribution in [-0.4, -0.2) is 59.9 Å². The van der Waals surface area contributed by atoms with E-state index in [0.717, 1.165) is 0 Å². The molecule has 1 aromatic heterocycles. The normalized spacial score (nSPS) is 35.3. The standard InChI is InChI=1S/C17H23N2O9/c1-16(2)25-11-9(7-18-14(20)8-5-6-10(23-8)19(21)22)24-15-13(12(11)26-16)27-17(3,4)28-15/h5-6,9,11-13,15,21H,7H2,1-4H3,(H,18,20)/q-1/t9-,11+,12+,13+,15+/m0/s1. The number of hydrogen-bond acceptors (Lipinski definition) is 10. The summed E-state index contributed by atoms with van der Waals surface area (Å²) in [5.74, 6) is -2.75. The number of hydrogen-bond donors (Lipinski definition) is 2. The zero-order valence-electron chi connectivity index (χ0n) is 15.9. The summed E-state index contributed by atoms with van der Waals surface area (Å²) in [6.07, 6.45) is -2.56. The minimum absolute atomic E-state index is 0.0860. The highest BCUT2D eigenvalue weighted by molar-refractivity contribution is 5.91. The number of fused-ring (bicyclic) bond motifs is 3. The Labute approximate surface area is 160 Å². The van der Waals surface area contributed by atoms with Crippen LogP contribution in [0.15, 0.2) is 16.5 Å². The summed E-state index contributed by atoms with van der Waals surface area (Å²) in [5.41, 5.74) is 0. The molecule has 156 valence electrons. The second-order valence-corrected chi connectivity index (χ2v) is 7.83. The molecule has 0 unspecified atom stereocenters. The van der Waals surface area contributed by atoms with Gasteiger partial charge in [-0.3, -0.25) is 15.2 Å². The molecule has 0 spiro atoms. The maximum Gasteiger partial charge on any atom is 0.287 e. The summed E-state index contributed by atoms with van der Waals surface area (Å²) < 4.78 is 34.7. The predicted molar refractivity (Wildman–Crippen MR) is 91.2 cm³/mol. The van der Waals surface area contributed by atoms with Crippen molar-refractivity contribution < 1.29 is 38.1 Å². The van der Waals surface area contributed by atoms with E-state index in [0.29, 0.717) is 0 Å². The molecule has 0 bridgehead atoms. The van der Waals surface area contributed by atoms with Crippen molar-refractivity contribution in [3.63, 3.8) is 0 Å². The van der Waals surface area contributed by atoms with Crippen LogP contribution in [0, 0.1) is 5.21 Å². The van der Waals surface area contributed by atoms with Crippen molar-refractivity contribution in [3.05, 3.63) is 23.1 Å². The Morgan fingerprint density at radius 1 is 1.11 bits per heavy atom. The van der Waals surface area contributed by atoms with E-state index in [1.807, 2.05) is 0 Å². The fourth-order valence-corrected chi connectivity index (χ4v) is 3.69. The average molecular weight is 399 g/mol. The number of rotatable bonds is 4. The molecule has 1 amide bonds. The Bertz CT molecular complexity index is 747. The number of furan rings is 1. The van der Waals surface area contributed by atoms with Gasteiger partial charge in [0.25, 0.3) is 5.91 Å². The lowest BCUT2D eigenvalue weighted by Crippen LogP contribution is -2.57. The van der Waals surface area contributed by atoms with Gasteiger partial charge in [0.2, 0.25) is 5.88 Å². The first kappa shape index (κ1) is 19.6. The molecule has 11 heteroatoms. The molecule has 4 heterocycles. The molecule has 0 aromatic carbocycles. The Hall–Kier alpha value is -1.73. The molecule has 3 fully saturated rings. The largest absolute Gasteiger partial charge is 0.731 e. The maximum absolute atomic E-state index is 12.3. The van der Waals surface area contributed by atoms with E-state index in [-0.39, 0.29) is 12.3 Å². The number of nitrogens with zero attached hydrogens (tertiary/aromatic N) is 1. The zero-order chi connectivity index (χ0) is 20.3. The van der Waals surface area contributed by atoms with Gasteiger partial charge in [0.15, 0.2) is 23.6 Å². The van der Waals surface area contributed by atoms with Crippen molar-refractivity contribution in [2.24, 2.45) is 0 Å². The molecule has 3 aliphatic heterocycles. The Kier molecular flexibility index (Phi) is 4.66. The van der Waals surface area contributed by atoms with Gasteiger partial charge in [0, 0.05) is 12.6 Å². The minimum Gasteiger partial charge on any atom is -0.731 e. The molecule has 5 atom stereocenters. The number of carbonyl (C=O) groups is 1. The van der Waals surface area contributed by atoms with E-state index in [2.05, 4.69) is 5.32 Å². The molecule has 1 aromatic rings. The Balaban J connectivity index is 1.45. The summed E-state index contributed by atoms with van der Waals surface area (Å²) >= 11 is 0. The second kappa shape index (κ2) is 6.66. The fraction of sp³-hybridized carbons (Fsp3) is 0.706. The lowest BCUT2D eigenvalue weighted by Gasteiger charge is -2.37. The number of ether oxygens (including phenoxy) is 5. The highest BCUT2D eigenvalue weighted by Gasteiger charge is 2.60. The van der Waals surface area contributed by atoms with Gasteiger partial charge < -0.3 is 38.6 Å². The van der Waals surface area contributed by atoms with Crippen LogP contribution in [0.1, 0.15) is 38.2 Å². The molecule has 0 saturated carbocycles. The lowest BCUT2D eigenvalue weighted by atomic mass is 9.99. The maximum atomic E-state index is 12.3. The first-order valence-corrected chi connectivity index (χ1v) is 8.96. The van der Waals surface area contributed by atoms with Gasteiger partial charge in [-0.25, -0.2) is 0 Å². The molecule has 4 rings (SSSR count). The third-order valence-electron chi connectivity index (χ3n) is 4.72. The van der Waals surface area contributed by atoms with E-state index in [1.165, 1.54) is 12.1 Å². The van der Waals surface area contributed by atoms with Crippen molar-refractivity contribution >= 4 is 11.8 Å². The van der Waals surface area contributed by atoms with Gasteiger partial charge >= 0.3 is 0 Å². The third kappa shape index (κ3) is 3.62. The van der Waals surface area contributed by atoms with E-state index in [9.17, 15) is 10.0 Å². The molecule has 3 aliphatic rings. The van der Waals surface area contributed by atoms with Crippen LogP contribution in [-0.2, 0) is 23.7 Å². The second-order valence-electron chi connectivity index (χ2n) is 7.83. The highest BCUT2D eigenvalue weighted by Crippen LogP contribution is 2.43. The molecule has 3 saturated heterocycles. The molecule has 0 radical (unpaired) electrons. The SMILES string of the molecule is CC1(C)O[C@H]2O[C@@H](CNC(=O)c3ccc(N([O-])O)o3)[C@H]3OC(C)(C)O[C@H]3[C@H]2O1. The molecule has 11 nitrogen and oxygen atoms in total. The van der Waals surface area contributed by atoms with Crippen molar-refractivity contribution in [1.82, 2.24) is 5.32 Å². The van der Waals surface area contributed by atoms with Gasteiger partial charge in [-0.15, -0.1) is 0 Å². The van der Waals surface area contributed by atoms with Crippen LogP contribution < -0.4 is 10.5 Å². The van der Waals surface area contributed by atoms with Crippen molar-refractivity contribution in [2.75, 3.05) is 11.8 Å². The van der Waals surface area contributed by atoms with E-state index < -0.39 is 59.3 Å². The summed E-state index contributed by atoms with van der Waals surface area (Å²) in [6.45, 7) is 7.26. The van der Waals surface area contributed by atoms with Gasteiger partial charge in [-0.2, -0.15) is 0 Å². The molecule has 0 aliphatic carbocycles. The number of carbonyl (C=O) groups excluding carboxylic acids is 1. The number of amides is 1. The first-order valence-electron chi connectivity index (χ1n) is 8.96. The van der Waals surface area contributed by atoms with Crippen molar-refractivity contribution in [2.45, 2.75) is 70.0 Å².